The highest BCUT2D eigenvalue weighted by Gasteiger charge is 2.12. The summed E-state index contributed by atoms with van der Waals surface area (Å²) in [7, 11) is 0. The van der Waals surface area contributed by atoms with E-state index in [9.17, 15) is 0 Å². The first-order valence-corrected chi connectivity index (χ1v) is 7.16. The third-order valence-corrected chi connectivity index (χ3v) is 3.26. The van der Waals surface area contributed by atoms with Crippen LogP contribution in [0, 0.1) is 12.8 Å². The van der Waals surface area contributed by atoms with Crippen LogP contribution >= 0.6 is 11.6 Å². The molecule has 4 heteroatoms. The van der Waals surface area contributed by atoms with Crippen molar-refractivity contribution in [2.45, 2.75) is 39.6 Å². The Bertz CT molecular complexity index is 546. The van der Waals surface area contributed by atoms with Gasteiger partial charge in [-0.15, -0.1) is 21.8 Å². The molecule has 2 aromatic rings. The summed E-state index contributed by atoms with van der Waals surface area (Å²) in [4.78, 5) is 0. The summed E-state index contributed by atoms with van der Waals surface area (Å²) in [6, 6.07) is 8.50. The van der Waals surface area contributed by atoms with E-state index in [1.165, 1.54) is 11.1 Å². The number of aryl methyl sites for hydroxylation is 1. The van der Waals surface area contributed by atoms with Gasteiger partial charge < -0.3 is 4.57 Å². The van der Waals surface area contributed by atoms with E-state index in [1.54, 1.807) is 0 Å². The minimum absolute atomic E-state index is 0.410. The zero-order valence-electron chi connectivity index (χ0n) is 11.7. The van der Waals surface area contributed by atoms with E-state index in [0.717, 1.165) is 24.6 Å². The summed E-state index contributed by atoms with van der Waals surface area (Å²) in [6.45, 7) is 7.39. The summed E-state index contributed by atoms with van der Waals surface area (Å²) >= 11 is 5.93. The van der Waals surface area contributed by atoms with Gasteiger partial charge in [0.2, 0.25) is 0 Å². The van der Waals surface area contributed by atoms with Crippen LogP contribution in [0.1, 0.15) is 36.6 Å². The van der Waals surface area contributed by atoms with E-state index < -0.39 is 0 Å². The molecule has 0 fully saturated rings. The molecule has 3 nitrogen and oxygen atoms in total. The second kappa shape index (κ2) is 6.20. The molecule has 19 heavy (non-hydrogen) atoms. The van der Waals surface area contributed by atoms with Crippen molar-refractivity contribution in [3.63, 3.8) is 0 Å². The van der Waals surface area contributed by atoms with Crippen molar-refractivity contribution < 1.29 is 0 Å². The molecular weight excluding hydrogens is 258 g/mol. The maximum absolute atomic E-state index is 5.93. The van der Waals surface area contributed by atoms with Crippen LogP contribution in [0.15, 0.2) is 24.3 Å². The van der Waals surface area contributed by atoms with Crippen molar-refractivity contribution in [1.82, 2.24) is 14.8 Å². The molecule has 0 saturated heterocycles. The fourth-order valence-corrected chi connectivity index (χ4v) is 2.38. The maximum Gasteiger partial charge on any atom is 0.147 e. The second-order valence-corrected chi connectivity index (χ2v) is 5.60. The summed E-state index contributed by atoms with van der Waals surface area (Å²) in [5.41, 5.74) is 2.53. The molecule has 0 bridgehead atoms. The van der Waals surface area contributed by atoms with Crippen LogP contribution in [-0.4, -0.2) is 14.8 Å². The van der Waals surface area contributed by atoms with Gasteiger partial charge in [-0.1, -0.05) is 43.7 Å². The molecule has 0 atom stereocenters. The molecule has 1 aromatic heterocycles. The summed E-state index contributed by atoms with van der Waals surface area (Å²) in [5.74, 6) is 2.82. The molecule has 0 radical (unpaired) electrons. The minimum Gasteiger partial charge on any atom is -0.313 e. The Kier molecular flexibility index (Phi) is 4.59. The number of halogens is 1. The monoisotopic (exact) mass is 277 g/mol. The Hall–Kier alpha value is -1.35. The Labute approximate surface area is 119 Å². The lowest BCUT2D eigenvalue weighted by molar-refractivity contribution is 0.499. The van der Waals surface area contributed by atoms with E-state index >= 15 is 0 Å². The van der Waals surface area contributed by atoms with Gasteiger partial charge in [0.1, 0.15) is 11.6 Å². The Balaban J connectivity index is 2.27. The number of rotatable bonds is 5. The molecule has 0 amide bonds. The van der Waals surface area contributed by atoms with Crippen molar-refractivity contribution in [3.8, 4) is 0 Å². The highest BCUT2D eigenvalue weighted by Crippen LogP contribution is 2.14. The SMILES string of the molecule is Cc1cccc(Cc2nnc(CCl)n2CC(C)C)c1. The van der Waals surface area contributed by atoms with E-state index in [4.69, 9.17) is 11.6 Å². The van der Waals surface area contributed by atoms with Gasteiger partial charge in [-0.25, -0.2) is 0 Å². The predicted molar refractivity (Wildman–Crippen MR) is 78.4 cm³/mol. The van der Waals surface area contributed by atoms with Crippen LogP contribution in [0.5, 0.6) is 0 Å². The lowest BCUT2D eigenvalue weighted by atomic mass is 10.1. The van der Waals surface area contributed by atoms with Gasteiger partial charge in [-0.3, -0.25) is 0 Å². The molecule has 0 aliphatic rings. The number of hydrogen-bond donors (Lipinski definition) is 0. The van der Waals surface area contributed by atoms with Gasteiger partial charge in [0.25, 0.3) is 0 Å². The van der Waals surface area contributed by atoms with E-state index in [-0.39, 0.29) is 0 Å². The first-order chi connectivity index (χ1) is 9.10. The van der Waals surface area contributed by atoms with Crippen LogP contribution in [0.25, 0.3) is 0 Å². The van der Waals surface area contributed by atoms with Crippen molar-refractivity contribution in [1.29, 1.82) is 0 Å². The summed E-state index contributed by atoms with van der Waals surface area (Å²) in [6.07, 6.45) is 0.804. The van der Waals surface area contributed by atoms with Crippen LogP contribution in [-0.2, 0) is 18.8 Å². The molecule has 1 aromatic carbocycles. The number of benzene rings is 1. The number of hydrogen-bond acceptors (Lipinski definition) is 2. The highest BCUT2D eigenvalue weighted by molar-refractivity contribution is 6.16. The normalized spacial score (nSPS) is 11.2. The Morgan fingerprint density at radius 2 is 1.95 bits per heavy atom. The number of aromatic nitrogens is 3. The van der Waals surface area contributed by atoms with Gasteiger partial charge in [-0.05, 0) is 18.4 Å². The predicted octanol–water partition coefficient (Wildman–Crippen LogP) is 3.57. The smallest absolute Gasteiger partial charge is 0.147 e. The average molecular weight is 278 g/mol. The Morgan fingerprint density at radius 1 is 1.21 bits per heavy atom. The maximum atomic E-state index is 5.93. The zero-order chi connectivity index (χ0) is 13.8. The topological polar surface area (TPSA) is 30.7 Å². The molecule has 0 aliphatic carbocycles. The molecule has 102 valence electrons. The largest absolute Gasteiger partial charge is 0.313 e. The first-order valence-electron chi connectivity index (χ1n) is 6.62. The van der Waals surface area contributed by atoms with Crippen molar-refractivity contribution in [2.24, 2.45) is 5.92 Å². The van der Waals surface area contributed by atoms with Crippen LogP contribution in [0.4, 0.5) is 0 Å². The minimum atomic E-state index is 0.410. The number of nitrogens with zero attached hydrogens (tertiary/aromatic N) is 3. The third kappa shape index (κ3) is 3.57. The third-order valence-electron chi connectivity index (χ3n) is 3.02. The second-order valence-electron chi connectivity index (χ2n) is 5.34. The van der Waals surface area contributed by atoms with Gasteiger partial charge >= 0.3 is 0 Å². The van der Waals surface area contributed by atoms with Gasteiger partial charge in [-0.2, -0.15) is 0 Å². The van der Waals surface area contributed by atoms with Crippen LogP contribution < -0.4 is 0 Å². The molecule has 0 N–H and O–H groups in total. The molecule has 0 spiro atoms. The lowest BCUT2D eigenvalue weighted by Gasteiger charge is -2.12. The van der Waals surface area contributed by atoms with Crippen molar-refractivity contribution in [2.75, 3.05) is 0 Å². The highest BCUT2D eigenvalue weighted by atomic mass is 35.5. The zero-order valence-corrected chi connectivity index (χ0v) is 12.5. The lowest BCUT2D eigenvalue weighted by Crippen LogP contribution is -2.11. The van der Waals surface area contributed by atoms with E-state index in [0.29, 0.717) is 11.8 Å². The fraction of sp³-hybridized carbons (Fsp3) is 0.467. The molecule has 0 unspecified atom stereocenters. The van der Waals surface area contributed by atoms with E-state index in [2.05, 4.69) is 59.8 Å². The van der Waals surface area contributed by atoms with Crippen molar-refractivity contribution >= 4 is 11.6 Å². The molecule has 1 heterocycles. The first kappa shape index (κ1) is 14.1. The molecular formula is C15H20ClN3. The van der Waals surface area contributed by atoms with Gasteiger partial charge in [0.05, 0.1) is 5.88 Å². The average Bonchev–Trinajstić information content (AvgIpc) is 2.71. The van der Waals surface area contributed by atoms with Gasteiger partial charge in [0.15, 0.2) is 0 Å². The molecule has 0 saturated carbocycles. The van der Waals surface area contributed by atoms with Crippen LogP contribution in [0.2, 0.25) is 0 Å². The molecule has 2 rings (SSSR count). The Morgan fingerprint density at radius 3 is 2.58 bits per heavy atom. The standard InChI is InChI=1S/C15H20ClN3/c1-11(2)10-19-14(17-18-15(19)9-16)8-13-6-4-5-12(3)7-13/h4-7,11H,8-10H2,1-3H3. The summed E-state index contributed by atoms with van der Waals surface area (Å²) in [5, 5.41) is 8.48. The summed E-state index contributed by atoms with van der Waals surface area (Å²) < 4.78 is 2.15. The van der Waals surface area contributed by atoms with Gasteiger partial charge in [0, 0.05) is 13.0 Å². The quantitative estimate of drug-likeness (QED) is 0.782. The fourth-order valence-electron chi connectivity index (χ4n) is 2.18. The van der Waals surface area contributed by atoms with Crippen molar-refractivity contribution in [3.05, 3.63) is 47.0 Å². The number of alkyl halides is 1. The van der Waals surface area contributed by atoms with Crippen LogP contribution in [0.3, 0.4) is 0 Å². The van der Waals surface area contributed by atoms with E-state index in [1.807, 2.05) is 0 Å². The molecule has 0 aliphatic heterocycles.